The van der Waals surface area contributed by atoms with E-state index in [0.29, 0.717) is 26.2 Å². The zero-order valence-electron chi connectivity index (χ0n) is 14.4. The standard InChI is InChI=1S/C20H23BrN2O2/c1-15-4-2-5-16(12-15)8-9-22-20(24)23-10-11-25-19(14-23)17-6-3-7-18(21)13-17/h2-7,12-13,19H,8-11,14H2,1H3,(H,22,24). The van der Waals surface area contributed by atoms with E-state index < -0.39 is 0 Å². The molecule has 1 aliphatic rings. The first kappa shape index (κ1) is 18.0. The number of morpholine rings is 1. The number of carbonyl (C=O) groups is 1. The van der Waals surface area contributed by atoms with Crippen molar-refractivity contribution in [3.63, 3.8) is 0 Å². The van der Waals surface area contributed by atoms with Crippen LogP contribution in [0.25, 0.3) is 0 Å². The fraction of sp³-hybridized carbons (Fsp3) is 0.350. The summed E-state index contributed by atoms with van der Waals surface area (Å²) in [5, 5.41) is 3.03. The molecule has 2 aromatic carbocycles. The molecule has 132 valence electrons. The minimum atomic E-state index is -0.0752. The predicted octanol–water partition coefficient (Wildman–Crippen LogP) is 4.08. The molecule has 1 N–H and O–H groups in total. The number of rotatable bonds is 4. The van der Waals surface area contributed by atoms with Gasteiger partial charge in [0.1, 0.15) is 6.10 Å². The second kappa shape index (κ2) is 8.50. The van der Waals surface area contributed by atoms with Crippen molar-refractivity contribution < 1.29 is 9.53 Å². The van der Waals surface area contributed by atoms with Crippen LogP contribution >= 0.6 is 15.9 Å². The number of ether oxygens (including phenoxy) is 1. The quantitative estimate of drug-likeness (QED) is 0.836. The van der Waals surface area contributed by atoms with Gasteiger partial charge in [0.15, 0.2) is 0 Å². The number of amides is 2. The van der Waals surface area contributed by atoms with Crippen LogP contribution in [-0.2, 0) is 11.2 Å². The molecule has 1 heterocycles. The second-order valence-corrected chi connectivity index (χ2v) is 7.25. The molecule has 1 fully saturated rings. The lowest BCUT2D eigenvalue weighted by atomic mass is 10.1. The van der Waals surface area contributed by atoms with Crippen molar-refractivity contribution in [1.29, 1.82) is 0 Å². The molecule has 5 heteroatoms. The van der Waals surface area contributed by atoms with Crippen molar-refractivity contribution in [2.75, 3.05) is 26.2 Å². The Bertz CT molecular complexity index is 735. The normalized spacial score (nSPS) is 17.4. The van der Waals surface area contributed by atoms with Crippen LogP contribution in [0.2, 0.25) is 0 Å². The largest absolute Gasteiger partial charge is 0.370 e. The van der Waals surface area contributed by atoms with Crippen LogP contribution in [0.3, 0.4) is 0 Å². The Morgan fingerprint density at radius 1 is 1.28 bits per heavy atom. The lowest BCUT2D eigenvalue weighted by Crippen LogP contribution is -2.47. The summed E-state index contributed by atoms with van der Waals surface area (Å²) in [5.41, 5.74) is 3.58. The predicted molar refractivity (Wildman–Crippen MR) is 103 cm³/mol. The number of nitrogens with one attached hydrogen (secondary N) is 1. The van der Waals surface area contributed by atoms with Gasteiger partial charge in [-0.25, -0.2) is 4.79 Å². The van der Waals surface area contributed by atoms with Crippen LogP contribution in [0.1, 0.15) is 22.8 Å². The zero-order chi connectivity index (χ0) is 17.6. The number of hydrogen-bond donors (Lipinski definition) is 1. The number of benzene rings is 2. The van der Waals surface area contributed by atoms with Gasteiger partial charge in [-0.2, -0.15) is 0 Å². The lowest BCUT2D eigenvalue weighted by Gasteiger charge is -2.33. The summed E-state index contributed by atoms with van der Waals surface area (Å²) in [4.78, 5) is 14.3. The highest BCUT2D eigenvalue weighted by molar-refractivity contribution is 9.10. The van der Waals surface area contributed by atoms with Crippen molar-refractivity contribution in [2.24, 2.45) is 0 Å². The van der Waals surface area contributed by atoms with Crippen LogP contribution in [0.4, 0.5) is 4.79 Å². The summed E-state index contributed by atoms with van der Waals surface area (Å²) >= 11 is 3.49. The van der Waals surface area contributed by atoms with E-state index in [2.05, 4.69) is 52.4 Å². The molecular formula is C20H23BrN2O2. The molecule has 3 rings (SSSR count). The maximum absolute atomic E-state index is 12.4. The summed E-state index contributed by atoms with van der Waals surface area (Å²) < 4.78 is 6.87. The number of hydrogen-bond acceptors (Lipinski definition) is 2. The van der Waals surface area contributed by atoms with Crippen molar-refractivity contribution >= 4 is 22.0 Å². The zero-order valence-corrected chi connectivity index (χ0v) is 16.0. The van der Waals surface area contributed by atoms with E-state index in [1.165, 1.54) is 11.1 Å². The molecule has 1 saturated heterocycles. The third-order valence-corrected chi connectivity index (χ3v) is 4.84. The molecule has 2 amide bonds. The number of halogens is 1. The summed E-state index contributed by atoms with van der Waals surface area (Å²) in [7, 11) is 0. The molecule has 25 heavy (non-hydrogen) atoms. The van der Waals surface area contributed by atoms with Gasteiger partial charge in [0.2, 0.25) is 0 Å². The van der Waals surface area contributed by atoms with Crippen molar-refractivity contribution in [3.05, 3.63) is 69.7 Å². The van der Waals surface area contributed by atoms with Gasteiger partial charge >= 0.3 is 6.03 Å². The van der Waals surface area contributed by atoms with E-state index in [-0.39, 0.29) is 12.1 Å². The van der Waals surface area contributed by atoms with Crippen LogP contribution in [0, 0.1) is 6.92 Å². The number of carbonyl (C=O) groups excluding carboxylic acids is 1. The number of nitrogens with zero attached hydrogens (tertiary/aromatic N) is 1. The summed E-state index contributed by atoms with van der Waals surface area (Å²) in [6.45, 7) is 4.48. The third kappa shape index (κ3) is 5.06. The molecule has 0 saturated carbocycles. The lowest BCUT2D eigenvalue weighted by molar-refractivity contribution is -0.0154. The number of aryl methyl sites for hydroxylation is 1. The molecular weight excluding hydrogens is 380 g/mol. The molecule has 0 radical (unpaired) electrons. The monoisotopic (exact) mass is 402 g/mol. The van der Waals surface area contributed by atoms with E-state index in [1.807, 2.05) is 29.2 Å². The fourth-order valence-corrected chi connectivity index (χ4v) is 3.45. The van der Waals surface area contributed by atoms with Gasteiger partial charge in [0.25, 0.3) is 0 Å². The van der Waals surface area contributed by atoms with Crippen molar-refractivity contribution in [3.8, 4) is 0 Å². The Kier molecular flexibility index (Phi) is 6.10. The van der Waals surface area contributed by atoms with Crippen molar-refractivity contribution in [2.45, 2.75) is 19.4 Å². The Morgan fingerprint density at radius 2 is 2.12 bits per heavy atom. The van der Waals surface area contributed by atoms with Crippen molar-refractivity contribution in [1.82, 2.24) is 10.2 Å². The van der Waals surface area contributed by atoms with Gasteiger partial charge in [-0.1, -0.05) is 57.9 Å². The maximum Gasteiger partial charge on any atom is 0.317 e. The van der Waals surface area contributed by atoms with Gasteiger partial charge in [0.05, 0.1) is 13.2 Å². The van der Waals surface area contributed by atoms with E-state index >= 15 is 0 Å². The van der Waals surface area contributed by atoms with Gasteiger partial charge in [-0.15, -0.1) is 0 Å². The molecule has 0 aliphatic carbocycles. The first-order valence-electron chi connectivity index (χ1n) is 8.57. The molecule has 0 spiro atoms. The molecule has 1 atom stereocenters. The third-order valence-electron chi connectivity index (χ3n) is 4.35. The van der Waals surface area contributed by atoms with Crippen LogP contribution in [-0.4, -0.2) is 37.2 Å². The van der Waals surface area contributed by atoms with E-state index in [0.717, 1.165) is 16.5 Å². The summed E-state index contributed by atoms with van der Waals surface area (Å²) in [6.07, 6.45) is 0.765. The fourth-order valence-electron chi connectivity index (χ4n) is 3.04. The smallest absolute Gasteiger partial charge is 0.317 e. The van der Waals surface area contributed by atoms with Crippen LogP contribution in [0.5, 0.6) is 0 Å². The average Bonchev–Trinajstić information content (AvgIpc) is 2.62. The second-order valence-electron chi connectivity index (χ2n) is 6.33. The molecule has 0 aromatic heterocycles. The highest BCUT2D eigenvalue weighted by atomic mass is 79.9. The van der Waals surface area contributed by atoms with E-state index in [1.54, 1.807) is 0 Å². The topological polar surface area (TPSA) is 41.6 Å². The minimum absolute atomic E-state index is 0.0176. The minimum Gasteiger partial charge on any atom is -0.370 e. The van der Waals surface area contributed by atoms with Gasteiger partial charge < -0.3 is 15.0 Å². The highest BCUT2D eigenvalue weighted by Crippen LogP contribution is 2.24. The molecule has 1 unspecified atom stereocenters. The number of urea groups is 1. The molecule has 2 aromatic rings. The van der Waals surface area contributed by atoms with Crippen LogP contribution in [0.15, 0.2) is 53.0 Å². The van der Waals surface area contributed by atoms with E-state index in [9.17, 15) is 4.79 Å². The molecule has 4 nitrogen and oxygen atoms in total. The maximum atomic E-state index is 12.4. The van der Waals surface area contributed by atoms with Gasteiger partial charge in [-0.3, -0.25) is 0 Å². The molecule has 0 bridgehead atoms. The molecule has 1 aliphatic heterocycles. The van der Waals surface area contributed by atoms with E-state index in [4.69, 9.17) is 4.74 Å². The Hall–Kier alpha value is -1.85. The summed E-state index contributed by atoms with van der Waals surface area (Å²) in [5.74, 6) is 0. The Labute approximate surface area is 157 Å². The van der Waals surface area contributed by atoms with Crippen LogP contribution < -0.4 is 5.32 Å². The Morgan fingerprint density at radius 3 is 2.92 bits per heavy atom. The SMILES string of the molecule is Cc1cccc(CCNC(=O)N2CCOC(c3cccc(Br)c3)C2)c1. The Balaban J connectivity index is 1.51. The average molecular weight is 403 g/mol. The first-order valence-corrected chi connectivity index (χ1v) is 9.36. The first-order chi connectivity index (χ1) is 12.1. The highest BCUT2D eigenvalue weighted by Gasteiger charge is 2.25. The van der Waals surface area contributed by atoms with Gasteiger partial charge in [-0.05, 0) is 36.6 Å². The van der Waals surface area contributed by atoms with Gasteiger partial charge in [0, 0.05) is 17.6 Å². The summed E-state index contributed by atoms with van der Waals surface area (Å²) in [6, 6.07) is 16.4.